The second kappa shape index (κ2) is 4.96. The Balaban J connectivity index is 3.25. The van der Waals surface area contributed by atoms with E-state index in [1.165, 1.54) is 12.1 Å². The quantitative estimate of drug-likeness (QED) is 0.597. The number of benzene rings is 1. The van der Waals surface area contributed by atoms with Gasteiger partial charge in [0.2, 0.25) is 0 Å². The Labute approximate surface area is 98.6 Å². The number of terminal acetylenes is 1. The number of hydrogen-bond donors (Lipinski definition) is 0. The van der Waals surface area contributed by atoms with Gasteiger partial charge in [0.25, 0.3) is 5.92 Å². The number of esters is 1. The molecule has 0 heterocycles. The van der Waals surface area contributed by atoms with Crippen LogP contribution in [0.2, 0.25) is 0 Å². The maximum atomic E-state index is 13.2. The highest BCUT2D eigenvalue weighted by Crippen LogP contribution is 2.28. The lowest BCUT2D eigenvalue weighted by Gasteiger charge is -2.12. The van der Waals surface area contributed by atoms with Crippen LogP contribution in [0.4, 0.5) is 8.78 Å². The molecule has 0 aliphatic heterocycles. The molecule has 4 heteroatoms. The van der Waals surface area contributed by atoms with Crippen molar-refractivity contribution >= 4 is 5.97 Å². The van der Waals surface area contributed by atoms with Gasteiger partial charge in [0.15, 0.2) is 0 Å². The summed E-state index contributed by atoms with van der Waals surface area (Å²) >= 11 is 0. The predicted octanol–water partition coefficient (Wildman–Crippen LogP) is 2.96. The molecule has 0 radical (unpaired) electrons. The fourth-order valence-corrected chi connectivity index (χ4v) is 1.30. The highest BCUT2D eigenvalue weighted by Gasteiger charge is 2.26. The van der Waals surface area contributed by atoms with E-state index >= 15 is 0 Å². The summed E-state index contributed by atoms with van der Waals surface area (Å²) in [5, 5.41) is 0. The molecule has 0 saturated heterocycles. The molecule has 0 spiro atoms. The number of hydrogen-bond acceptors (Lipinski definition) is 2. The van der Waals surface area contributed by atoms with E-state index in [-0.39, 0.29) is 23.3 Å². The van der Waals surface area contributed by atoms with E-state index in [0.29, 0.717) is 0 Å². The molecule has 0 bridgehead atoms. The van der Waals surface area contributed by atoms with Crippen molar-refractivity contribution in [2.45, 2.75) is 19.8 Å². The van der Waals surface area contributed by atoms with Crippen molar-refractivity contribution < 1.29 is 18.3 Å². The maximum absolute atomic E-state index is 13.2. The minimum Gasteiger partial charge on any atom is -0.462 e. The van der Waals surface area contributed by atoms with Gasteiger partial charge >= 0.3 is 5.97 Å². The molecule has 0 N–H and O–H groups in total. The lowest BCUT2D eigenvalue weighted by Crippen LogP contribution is -2.11. The summed E-state index contributed by atoms with van der Waals surface area (Å²) in [5.74, 6) is -1.47. The van der Waals surface area contributed by atoms with E-state index in [4.69, 9.17) is 11.2 Å². The van der Waals surface area contributed by atoms with Gasteiger partial charge in [-0.25, -0.2) is 13.6 Å². The second-order valence-electron chi connectivity index (χ2n) is 3.55. The van der Waals surface area contributed by atoms with Gasteiger partial charge in [0.05, 0.1) is 12.2 Å². The zero-order valence-corrected chi connectivity index (χ0v) is 9.59. The van der Waals surface area contributed by atoms with Crippen LogP contribution in [-0.4, -0.2) is 12.6 Å². The number of carbonyl (C=O) groups is 1. The van der Waals surface area contributed by atoms with Crippen LogP contribution in [0.25, 0.3) is 0 Å². The molecule has 0 aliphatic carbocycles. The van der Waals surface area contributed by atoms with Gasteiger partial charge in [-0.05, 0) is 25.1 Å². The third kappa shape index (κ3) is 3.28. The average molecular weight is 238 g/mol. The molecular formula is C13H12F2O2. The van der Waals surface area contributed by atoms with Gasteiger partial charge in [-0.15, -0.1) is 6.42 Å². The zero-order chi connectivity index (χ0) is 13.1. The summed E-state index contributed by atoms with van der Waals surface area (Å²) in [7, 11) is 0. The van der Waals surface area contributed by atoms with Crippen molar-refractivity contribution in [3.8, 4) is 12.3 Å². The molecule has 0 aromatic heterocycles. The summed E-state index contributed by atoms with van der Waals surface area (Å²) in [6.07, 6.45) is 5.16. The number of ether oxygens (including phenoxy) is 1. The molecule has 0 saturated carbocycles. The molecule has 0 unspecified atom stereocenters. The third-order valence-corrected chi connectivity index (χ3v) is 2.12. The van der Waals surface area contributed by atoms with E-state index in [0.717, 1.165) is 13.0 Å². The fourth-order valence-electron chi connectivity index (χ4n) is 1.30. The molecule has 0 aliphatic rings. The van der Waals surface area contributed by atoms with Gasteiger partial charge in [0.1, 0.15) is 0 Å². The third-order valence-electron chi connectivity index (χ3n) is 2.12. The Kier molecular flexibility index (Phi) is 3.84. The summed E-state index contributed by atoms with van der Waals surface area (Å²) in [6.45, 7) is 2.56. The lowest BCUT2D eigenvalue weighted by atomic mass is 10.0. The molecule has 1 rings (SSSR count). The smallest absolute Gasteiger partial charge is 0.338 e. The zero-order valence-electron chi connectivity index (χ0n) is 9.59. The molecule has 0 atom stereocenters. The number of alkyl halides is 2. The molecule has 0 amide bonds. The van der Waals surface area contributed by atoms with Crippen molar-refractivity contribution in [2.24, 2.45) is 0 Å². The van der Waals surface area contributed by atoms with Crippen molar-refractivity contribution in [3.05, 3.63) is 34.9 Å². The molecule has 0 fully saturated rings. The number of rotatable bonds is 3. The van der Waals surface area contributed by atoms with E-state index in [9.17, 15) is 13.6 Å². The van der Waals surface area contributed by atoms with Crippen LogP contribution in [-0.2, 0) is 10.7 Å². The largest absolute Gasteiger partial charge is 0.462 e. The Hall–Kier alpha value is -1.89. The van der Waals surface area contributed by atoms with Crippen LogP contribution in [0.1, 0.15) is 35.3 Å². The average Bonchev–Trinajstić information content (AvgIpc) is 2.27. The standard InChI is InChI=1S/C13H12F2O2/c1-4-9-6-10(12(16)17-5-2)8-11(7-9)13(3,14)15/h1,6-8H,5H2,2-3H3. The fraction of sp³-hybridized carbons (Fsp3) is 0.308. The summed E-state index contributed by atoms with van der Waals surface area (Å²) in [6, 6.07) is 3.63. The summed E-state index contributed by atoms with van der Waals surface area (Å²) in [5.41, 5.74) is -0.0260. The minimum absolute atomic E-state index is 0.0406. The van der Waals surface area contributed by atoms with Gasteiger partial charge in [-0.1, -0.05) is 5.92 Å². The van der Waals surface area contributed by atoms with Gasteiger partial charge in [-0.2, -0.15) is 0 Å². The first-order chi connectivity index (χ1) is 7.88. The van der Waals surface area contributed by atoms with Gasteiger partial charge < -0.3 is 4.74 Å². The SMILES string of the molecule is C#Cc1cc(C(=O)OCC)cc(C(C)(F)F)c1. The summed E-state index contributed by atoms with van der Waals surface area (Å²) < 4.78 is 31.1. The molecule has 1 aromatic carbocycles. The minimum atomic E-state index is -3.05. The first-order valence-electron chi connectivity index (χ1n) is 5.05. The van der Waals surface area contributed by atoms with Crippen LogP contribution in [0.5, 0.6) is 0 Å². The summed E-state index contributed by atoms with van der Waals surface area (Å²) in [4.78, 5) is 11.5. The molecule has 2 nitrogen and oxygen atoms in total. The Morgan fingerprint density at radius 1 is 1.47 bits per heavy atom. The topological polar surface area (TPSA) is 26.3 Å². The van der Waals surface area contributed by atoms with E-state index in [1.807, 2.05) is 0 Å². The van der Waals surface area contributed by atoms with Crippen LogP contribution in [0.3, 0.4) is 0 Å². The maximum Gasteiger partial charge on any atom is 0.338 e. The van der Waals surface area contributed by atoms with Crippen LogP contribution < -0.4 is 0 Å². The predicted molar refractivity (Wildman–Crippen MR) is 59.9 cm³/mol. The molecular weight excluding hydrogens is 226 g/mol. The molecule has 1 aromatic rings. The number of halogens is 2. The van der Waals surface area contributed by atoms with Crippen LogP contribution in [0.15, 0.2) is 18.2 Å². The van der Waals surface area contributed by atoms with Crippen molar-refractivity contribution in [1.29, 1.82) is 0 Å². The van der Waals surface area contributed by atoms with E-state index < -0.39 is 11.9 Å². The monoisotopic (exact) mass is 238 g/mol. The highest BCUT2D eigenvalue weighted by molar-refractivity contribution is 5.90. The lowest BCUT2D eigenvalue weighted by molar-refractivity contribution is 0.0173. The first-order valence-corrected chi connectivity index (χ1v) is 5.05. The highest BCUT2D eigenvalue weighted by atomic mass is 19.3. The van der Waals surface area contributed by atoms with Gasteiger partial charge in [0, 0.05) is 18.1 Å². The Bertz CT molecular complexity index is 467. The van der Waals surface area contributed by atoms with Crippen molar-refractivity contribution in [2.75, 3.05) is 6.61 Å². The Morgan fingerprint density at radius 3 is 2.59 bits per heavy atom. The Morgan fingerprint density at radius 2 is 2.12 bits per heavy atom. The van der Waals surface area contributed by atoms with Crippen LogP contribution in [0, 0.1) is 12.3 Å². The van der Waals surface area contributed by atoms with Gasteiger partial charge in [-0.3, -0.25) is 0 Å². The first kappa shape index (κ1) is 13.2. The number of carbonyl (C=O) groups excluding carboxylic acids is 1. The molecule has 17 heavy (non-hydrogen) atoms. The van der Waals surface area contributed by atoms with Crippen molar-refractivity contribution in [3.63, 3.8) is 0 Å². The van der Waals surface area contributed by atoms with Crippen molar-refractivity contribution in [1.82, 2.24) is 0 Å². The second-order valence-corrected chi connectivity index (χ2v) is 3.55. The molecule has 90 valence electrons. The van der Waals surface area contributed by atoms with E-state index in [2.05, 4.69) is 5.92 Å². The normalized spacial score (nSPS) is 10.8. The van der Waals surface area contributed by atoms with E-state index in [1.54, 1.807) is 6.92 Å². The van der Waals surface area contributed by atoms with Crippen LogP contribution >= 0.6 is 0 Å².